The number of nitrogens with zero attached hydrogens (tertiary/aromatic N) is 1. The highest BCUT2D eigenvalue weighted by atomic mass is 35.5. The molecule has 8 heteroatoms. The van der Waals surface area contributed by atoms with Crippen LogP contribution in [-0.2, 0) is 14.8 Å². The van der Waals surface area contributed by atoms with Crippen molar-refractivity contribution < 1.29 is 13.2 Å². The van der Waals surface area contributed by atoms with E-state index in [0.29, 0.717) is 0 Å². The summed E-state index contributed by atoms with van der Waals surface area (Å²) in [6.07, 6.45) is 0. The molecule has 1 aromatic carbocycles. The molecule has 0 saturated heterocycles. The maximum absolute atomic E-state index is 11.9. The lowest BCUT2D eigenvalue weighted by Gasteiger charge is -2.08. The van der Waals surface area contributed by atoms with Crippen molar-refractivity contribution in [3.05, 3.63) is 28.8 Å². The second-order valence-corrected chi connectivity index (χ2v) is 5.78. The molecule has 0 radical (unpaired) electrons. The number of hydrogen-bond donors (Lipinski definition) is 2. The highest BCUT2D eigenvalue weighted by Gasteiger charge is 2.17. The van der Waals surface area contributed by atoms with Gasteiger partial charge in [0.15, 0.2) is 0 Å². The zero-order chi connectivity index (χ0) is 14.5. The van der Waals surface area contributed by atoms with Crippen molar-refractivity contribution in [2.24, 2.45) is 0 Å². The third-order valence-corrected chi connectivity index (χ3v) is 4.09. The molecule has 0 heterocycles. The van der Waals surface area contributed by atoms with Crippen molar-refractivity contribution >= 4 is 27.5 Å². The number of halogens is 1. The van der Waals surface area contributed by atoms with Crippen LogP contribution in [0.25, 0.3) is 0 Å². The highest BCUT2D eigenvalue weighted by Crippen LogP contribution is 2.22. The van der Waals surface area contributed by atoms with Gasteiger partial charge in [-0.2, -0.15) is 5.26 Å². The summed E-state index contributed by atoms with van der Waals surface area (Å²) in [5.41, 5.74) is 0.280. The Bertz CT molecular complexity index is 623. The lowest BCUT2D eigenvalue weighted by molar-refractivity contribution is -0.118. The number of hydrogen-bond acceptors (Lipinski definition) is 4. The molecule has 0 atom stereocenters. The van der Waals surface area contributed by atoms with Crippen molar-refractivity contribution in [1.82, 2.24) is 10.0 Å². The molecule has 0 unspecified atom stereocenters. The number of amides is 1. The van der Waals surface area contributed by atoms with Crippen LogP contribution in [0.2, 0.25) is 5.02 Å². The number of nitrogens with one attached hydrogen (secondary N) is 2. The Morgan fingerprint density at radius 2 is 2.11 bits per heavy atom. The largest absolute Gasteiger partial charge is 0.355 e. The quantitative estimate of drug-likeness (QED) is 0.779. The summed E-state index contributed by atoms with van der Waals surface area (Å²) in [6.45, 7) is 1.58. The van der Waals surface area contributed by atoms with E-state index in [9.17, 15) is 13.2 Å². The predicted molar refractivity (Wildman–Crippen MR) is 70.0 cm³/mol. The van der Waals surface area contributed by atoms with Crippen molar-refractivity contribution in [2.45, 2.75) is 11.8 Å². The minimum Gasteiger partial charge on any atom is -0.355 e. The molecular formula is C11H12ClN3O3S. The molecule has 1 aromatic rings. The average molecular weight is 302 g/mol. The van der Waals surface area contributed by atoms with E-state index in [2.05, 4.69) is 10.0 Å². The first-order valence-corrected chi connectivity index (χ1v) is 7.16. The number of nitriles is 1. The number of benzene rings is 1. The number of sulfonamides is 1. The molecule has 0 spiro atoms. The predicted octanol–water partition coefficient (Wildman–Crippen LogP) is 0.626. The molecule has 0 aliphatic heterocycles. The summed E-state index contributed by atoms with van der Waals surface area (Å²) in [6, 6.07) is 5.78. The van der Waals surface area contributed by atoms with Gasteiger partial charge in [-0.05, 0) is 18.2 Å². The SMILES string of the molecule is CC(=O)NCCNS(=O)(=O)c1ccc(C#N)cc1Cl. The fourth-order valence-electron chi connectivity index (χ4n) is 1.29. The van der Waals surface area contributed by atoms with Crippen molar-refractivity contribution in [3.63, 3.8) is 0 Å². The first-order valence-electron chi connectivity index (χ1n) is 5.30. The van der Waals surface area contributed by atoms with Gasteiger partial charge in [-0.25, -0.2) is 13.1 Å². The van der Waals surface area contributed by atoms with Gasteiger partial charge in [0.1, 0.15) is 4.90 Å². The third-order valence-electron chi connectivity index (χ3n) is 2.14. The molecule has 0 saturated carbocycles. The zero-order valence-corrected chi connectivity index (χ0v) is 11.7. The van der Waals surface area contributed by atoms with Gasteiger partial charge in [-0.3, -0.25) is 4.79 Å². The monoisotopic (exact) mass is 301 g/mol. The molecule has 0 fully saturated rings. The molecule has 0 aromatic heterocycles. The van der Waals surface area contributed by atoms with Gasteiger partial charge in [0, 0.05) is 20.0 Å². The topological polar surface area (TPSA) is 99.1 Å². The van der Waals surface area contributed by atoms with Crippen molar-refractivity contribution in [1.29, 1.82) is 5.26 Å². The van der Waals surface area contributed by atoms with Gasteiger partial charge in [0.05, 0.1) is 16.7 Å². The van der Waals surface area contributed by atoms with E-state index >= 15 is 0 Å². The number of carbonyl (C=O) groups is 1. The molecule has 2 N–H and O–H groups in total. The molecule has 1 amide bonds. The smallest absolute Gasteiger partial charge is 0.242 e. The van der Waals surface area contributed by atoms with Crippen LogP contribution in [0.3, 0.4) is 0 Å². The molecular weight excluding hydrogens is 290 g/mol. The normalized spacial score (nSPS) is 10.8. The molecule has 0 aliphatic rings. The average Bonchev–Trinajstić information content (AvgIpc) is 2.34. The van der Waals surface area contributed by atoms with E-state index in [0.717, 1.165) is 0 Å². The third kappa shape index (κ3) is 4.52. The van der Waals surface area contributed by atoms with Crippen LogP contribution in [0.5, 0.6) is 0 Å². The maximum atomic E-state index is 11.9. The summed E-state index contributed by atoms with van der Waals surface area (Å²) in [4.78, 5) is 10.5. The van der Waals surface area contributed by atoms with Crippen LogP contribution >= 0.6 is 11.6 Å². The van der Waals surface area contributed by atoms with Crippen molar-refractivity contribution in [2.75, 3.05) is 13.1 Å². The second-order valence-electron chi connectivity index (χ2n) is 3.64. The first-order chi connectivity index (χ1) is 8.86. The lowest BCUT2D eigenvalue weighted by Crippen LogP contribution is -2.33. The summed E-state index contributed by atoms with van der Waals surface area (Å²) >= 11 is 5.82. The molecule has 1 rings (SSSR count). The van der Waals surface area contributed by atoms with E-state index in [-0.39, 0.29) is 34.5 Å². The zero-order valence-electron chi connectivity index (χ0n) is 10.1. The van der Waals surface area contributed by atoms with Crippen LogP contribution in [0, 0.1) is 11.3 Å². The van der Waals surface area contributed by atoms with Gasteiger partial charge >= 0.3 is 0 Å². The number of rotatable bonds is 5. The van der Waals surface area contributed by atoms with E-state index in [4.69, 9.17) is 16.9 Å². The van der Waals surface area contributed by atoms with E-state index in [1.165, 1.54) is 25.1 Å². The van der Waals surface area contributed by atoms with Crippen molar-refractivity contribution in [3.8, 4) is 6.07 Å². The highest BCUT2D eigenvalue weighted by molar-refractivity contribution is 7.89. The van der Waals surface area contributed by atoms with Crippen LogP contribution in [-0.4, -0.2) is 27.4 Å². The Kier molecular flexibility index (Phi) is 5.30. The fourth-order valence-corrected chi connectivity index (χ4v) is 2.86. The summed E-state index contributed by atoms with van der Waals surface area (Å²) in [5.74, 6) is -0.240. The molecule has 19 heavy (non-hydrogen) atoms. The summed E-state index contributed by atoms with van der Waals surface area (Å²) in [7, 11) is -3.76. The van der Waals surface area contributed by atoms with Gasteiger partial charge in [-0.15, -0.1) is 0 Å². The van der Waals surface area contributed by atoms with Gasteiger partial charge in [0.2, 0.25) is 15.9 Å². The number of carbonyl (C=O) groups excluding carboxylic acids is 1. The standard InChI is InChI=1S/C11H12ClN3O3S/c1-8(16)14-4-5-15-19(17,18)11-3-2-9(7-13)6-10(11)12/h2-3,6,15H,4-5H2,1H3,(H,14,16). The Morgan fingerprint density at radius 1 is 1.42 bits per heavy atom. The van der Waals surface area contributed by atoms with Crippen LogP contribution in [0.1, 0.15) is 12.5 Å². The Labute approximate surface area is 116 Å². The van der Waals surface area contributed by atoms with Gasteiger partial charge in [-0.1, -0.05) is 11.6 Å². The minimum atomic E-state index is -3.76. The minimum absolute atomic E-state index is 0.0222. The van der Waals surface area contributed by atoms with Crippen LogP contribution < -0.4 is 10.0 Å². The Balaban J connectivity index is 2.78. The molecule has 102 valence electrons. The van der Waals surface area contributed by atoms with Crippen LogP contribution in [0.15, 0.2) is 23.1 Å². The molecule has 6 nitrogen and oxygen atoms in total. The van der Waals surface area contributed by atoms with E-state index < -0.39 is 10.0 Å². The fraction of sp³-hybridized carbons (Fsp3) is 0.273. The Morgan fingerprint density at radius 3 is 2.63 bits per heavy atom. The summed E-state index contributed by atoms with van der Waals surface area (Å²) < 4.78 is 26.1. The van der Waals surface area contributed by atoms with Gasteiger partial charge < -0.3 is 5.32 Å². The van der Waals surface area contributed by atoms with E-state index in [1.54, 1.807) is 0 Å². The molecule has 0 bridgehead atoms. The molecule has 0 aliphatic carbocycles. The van der Waals surface area contributed by atoms with Gasteiger partial charge in [0.25, 0.3) is 0 Å². The summed E-state index contributed by atoms with van der Waals surface area (Å²) in [5, 5.41) is 11.1. The van der Waals surface area contributed by atoms with E-state index in [1.807, 2.05) is 6.07 Å². The second kappa shape index (κ2) is 6.52. The van der Waals surface area contributed by atoms with Crippen LogP contribution in [0.4, 0.5) is 0 Å². The first kappa shape index (κ1) is 15.4. The Hall–Kier alpha value is -1.62. The lowest BCUT2D eigenvalue weighted by atomic mass is 10.2. The maximum Gasteiger partial charge on any atom is 0.242 e.